The Kier molecular flexibility index (Phi) is 6.63. The summed E-state index contributed by atoms with van der Waals surface area (Å²) in [5.74, 6) is -0.879. The number of carbonyl (C=O) groups is 1. The molecule has 0 saturated heterocycles. The topological polar surface area (TPSA) is 62.0 Å². The Balaban J connectivity index is 2.16. The van der Waals surface area contributed by atoms with Crippen LogP contribution >= 0.6 is 0 Å². The zero-order valence-electron chi connectivity index (χ0n) is 17.2. The first-order valence-corrected chi connectivity index (χ1v) is 9.91. The third kappa shape index (κ3) is 5.42. The van der Waals surface area contributed by atoms with E-state index in [1.165, 1.54) is 0 Å². The normalized spacial score (nSPS) is 12.6. The van der Waals surface area contributed by atoms with Crippen LogP contribution in [0.25, 0.3) is 11.3 Å². The molecule has 0 fully saturated rings. The average molecular weight is 428 g/mol. The Morgan fingerprint density at radius 2 is 1.58 bits per heavy atom. The van der Waals surface area contributed by atoms with Crippen LogP contribution in [-0.4, -0.2) is 10.9 Å². The number of halogens is 3. The molecule has 0 radical (unpaired) electrons. The summed E-state index contributed by atoms with van der Waals surface area (Å²) in [7, 11) is 0. The fraction of sp³-hybridized carbons (Fsp3) is 0.250. The van der Waals surface area contributed by atoms with Gasteiger partial charge in [-0.05, 0) is 23.6 Å². The number of amides is 1. The Morgan fingerprint density at radius 3 is 2.13 bits per heavy atom. The number of nitrogens with one attached hydrogen (secondary N) is 2. The summed E-state index contributed by atoms with van der Waals surface area (Å²) >= 11 is 0. The van der Waals surface area contributed by atoms with Crippen LogP contribution in [0.3, 0.4) is 0 Å². The molecule has 3 rings (SSSR count). The Morgan fingerprint density at radius 1 is 1.00 bits per heavy atom. The van der Waals surface area contributed by atoms with Gasteiger partial charge < -0.3 is 10.3 Å². The Hall–Kier alpha value is -3.35. The van der Waals surface area contributed by atoms with Crippen LogP contribution in [0.1, 0.15) is 36.6 Å². The summed E-state index contributed by atoms with van der Waals surface area (Å²) in [6.45, 7) is 3.28. The molecule has 1 atom stereocenters. The maximum absolute atomic E-state index is 14.1. The van der Waals surface area contributed by atoms with Gasteiger partial charge in [0.2, 0.25) is 5.91 Å². The van der Waals surface area contributed by atoms with Crippen molar-refractivity contribution in [1.82, 2.24) is 10.3 Å². The van der Waals surface area contributed by atoms with Gasteiger partial charge >= 0.3 is 6.18 Å². The lowest BCUT2D eigenvalue weighted by molar-refractivity contribution is -0.139. The predicted molar refractivity (Wildman–Crippen MR) is 113 cm³/mol. The molecule has 162 valence electrons. The van der Waals surface area contributed by atoms with Gasteiger partial charge in [0.05, 0.1) is 17.2 Å². The highest BCUT2D eigenvalue weighted by Crippen LogP contribution is 2.36. The highest BCUT2D eigenvalue weighted by Gasteiger charge is 2.38. The summed E-state index contributed by atoms with van der Waals surface area (Å²) in [6.07, 6.45) is -4.72. The van der Waals surface area contributed by atoms with Gasteiger partial charge in [0, 0.05) is 11.6 Å². The van der Waals surface area contributed by atoms with Crippen molar-refractivity contribution < 1.29 is 18.0 Å². The molecule has 0 spiro atoms. The van der Waals surface area contributed by atoms with Crippen molar-refractivity contribution in [1.29, 1.82) is 0 Å². The van der Waals surface area contributed by atoms with E-state index >= 15 is 0 Å². The van der Waals surface area contributed by atoms with Crippen LogP contribution in [0.2, 0.25) is 0 Å². The van der Waals surface area contributed by atoms with Crippen molar-refractivity contribution in [2.75, 3.05) is 0 Å². The molecular weight excluding hydrogens is 405 g/mol. The second-order valence-corrected chi connectivity index (χ2v) is 7.61. The fourth-order valence-electron chi connectivity index (χ4n) is 3.34. The summed E-state index contributed by atoms with van der Waals surface area (Å²) in [5, 5.41) is 2.63. The van der Waals surface area contributed by atoms with Gasteiger partial charge in [-0.25, -0.2) is 0 Å². The third-order valence-electron chi connectivity index (χ3n) is 4.93. The molecule has 1 unspecified atom stereocenters. The van der Waals surface area contributed by atoms with Crippen molar-refractivity contribution in [2.24, 2.45) is 5.92 Å². The van der Waals surface area contributed by atoms with Crippen LogP contribution in [0, 0.1) is 5.92 Å². The second kappa shape index (κ2) is 9.20. The van der Waals surface area contributed by atoms with Crippen LogP contribution < -0.4 is 10.9 Å². The Bertz CT molecular complexity index is 1090. The van der Waals surface area contributed by atoms with Gasteiger partial charge in [-0.1, -0.05) is 74.5 Å². The van der Waals surface area contributed by atoms with Crippen LogP contribution in [-0.2, 0) is 17.4 Å². The van der Waals surface area contributed by atoms with E-state index in [0.717, 1.165) is 6.07 Å². The molecule has 0 aliphatic heterocycles. The largest absolute Gasteiger partial charge is 0.417 e. The van der Waals surface area contributed by atoms with E-state index in [-0.39, 0.29) is 12.1 Å². The molecular formula is C24H23F3N2O2. The van der Waals surface area contributed by atoms with Gasteiger partial charge in [-0.2, -0.15) is 13.2 Å². The van der Waals surface area contributed by atoms with E-state index in [9.17, 15) is 22.8 Å². The van der Waals surface area contributed by atoms with Gasteiger partial charge in [0.25, 0.3) is 5.56 Å². The number of benzene rings is 2. The van der Waals surface area contributed by atoms with Crippen molar-refractivity contribution >= 4 is 5.91 Å². The number of hydrogen-bond acceptors (Lipinski definition) is 2. The lowest BCUT2D eigenvalue weighted by Gasteiger charge is -2.24. The van der Waals surface area contributed by atoms with Gasteiger partial charge in [0.1, 0.15) is 0 Å². The van der Waals surface area contributed by atoms with Gasteiger partial charge in [-0.15, -0.1) is 0 Å². The number of rotatable bonds is 6. The summed E-state index contributed by atoms with van der Waals surface area (Å²) in [6, 6.07) is 16.9. The Labute approximate surface area is 178 Å². The minimum Gasteiger partial charge on any atom is -0.349 e. The van der Waals surface area contributed by atoms with Crippen LogP contribution in [0.15, 0.2) is 71.5 Å². The quantitative estimate of drug-likeness (QED) is 0.573. The monoisotopic (exact) mass is 428 g/mol. The highest BCUT2D eigenvalue weighted by molar-refractivity contribution is 5.78. The summed E-state index contributed by atoms with van der Waals surface area (Å²) < 4.78 is 42.2. The maximum atomic E-state index is 14.1. The number of aromatic nitrogens is 1. The van der Waals surface area contributed by atoms with Crippen molar-refractivity contribution in [3.05, 3.63) is 93.8 Å². The number of carbonyl (C=O) groups excluding carboxylic acids is 1. The summed E-state index contributed by atoms with van der Waals surface area (Å²) in [4.78, 5) is 27.9. The third-order valence-corrected chi connectivity index (χ3v) is 4.93. The van der Waals surface area contributed by atoms with E-state index in [2.05, 4.69) is 10.3 Å². The van der Waals surface area contributed by atoms with Crippen molar-refractivity contribution in [2.45, 2.75) is 32.5 Å². The molecule has 0 aliphatic carbocycles. The number of pyridine rings is 1. The number of aromatic amines is 1. The first-order valence-electron chi connectivity index (χ1n) is 9.91. The van der Waals surface area contributed by atoms with Crippen molar-refractivity contribution in [3.63, 3.8) is 0 Å². The molecule has 0 bridgehead atoms. The molecule has 0 aliphatic rings. The first kappa shape index (κ1) is 22.3. The smallest absolute Gasteiger partial charge is 0.349 e. The number of H-pyrrole nitrogens is 1. The highest BCUT2D eigenvalue weighted by atomic mass is 19.4. The fourth-order valence-corrected chi connectivity index (χ4v) is 3.34. The van der Waals surface area contributed by atoms with E-state index in [4.69, 9.17) is 0 Å². The minimum absolute atomic E-state index is 0.0517. The van der Waals surface area contributed by atoms with E-state index in [1.807, 2.05) is 0 Å². The van der Waals surface area contributed by atoms with E-state index in [0.29, 0.717) is 11.1 Å². The lowest BCUT2D eigenvalue weighted by Crippen LogP contribution is -2.38. The zero-order valence-corrected chi connectivity index (χ0v) is 17.2. The molecule has 0 saturated carbocycles. The maximum Gasteiger partial charge on any atom is 0.417 e. The zero-order chi connectivity index (χ0) is 22.6. The average Bonchev–Trinajstić information content (AvgIpc) is 2.73. The van der Waals surface area contributed by atoms with E-state index in [1.54, 1.807) is 74.5 Å². The van der Waals surface area contributed by atoms with Gasteiger partial charge in [-0.3, -0.25) is 9.59 Å². The SMILES string of the molecule is CC(C)C(=O)NC(Cc1ccccc1)c1c(C(F)(F)F)cc(-c2ccccc2)[nH]c1=O. The van der Waals surface area contributed by atoms with Crippen LogP contribution in [0.5, 0.6) is 0 Å². The molecule has 7 heteroatoms. The molecule has 2 aromatic carbocycles. The number of alkyl halides is 3. The molecule has 1 aromatic heterocycles. The standard InChI is InChI=1S/C24H23F3N2O2/c1-15(2)22(30)29-20(13-16-9-5-3-6-10-16)21-18(24(25,26)27)14-19(28-23(21)31)17-11-7-4-8-12-17/h3-12,14-15,20H,13H2,1-2H3,(H,28,31)(H,29,30). The van der Waals surface area contributed by atoms with Crippen molar-refractivity contribution in [3.8, 4) is 11.3 Å². The first-order chi connectivity index (χ1) is 14.7. The lowest BCUT2D eigenvalue weighted by atomic mass is 9.94. The molecule has 3 aromatic rings. The number of hydrogen-bond donors (Lipinski definition) is 2. The van der Waals surface area contributed by atoms with Gasteiger partial charge in [0.15, 0.2) is 0 Å². The predicted octanol–water partition coefficient (Wildman–Crippen LogP) is 5.12. The molecule has 2 N–H and O–H groups in total. The molecule has 31 heavy (non-hydrogen) atoms. The minimum atomic E-state index is -4.77. The molecule has 1 amide bonds. The summed E-state index contributed by atoms with van der Waals surface area (Å²) in [5.41, 5.74) is -1.20. The van der Waals surface area contributed by atoms with E-state index < -0.39 is 40.7 Å². The molecule has 4 nitrogen and oxygen atoms in total. The molecule has 1 heterocycles. The van der Waals surface area contributed by atoms with Crippen LogP contribution in [0.4, 0.5) is 13.2 Å². The second-order valence-electron chi connectivity index (χ2n) is 7.61.